The molecule has 1 amide bonds. The van der Waals surface area contributed by atoms with Crippen LogP contribution in [0.15, 0.2) is 47.5 Å². The fraction of sp³-hybridized carbons (Fsp3) is 0.263. The van der Waals surface area contributed by atoms with Gasteiger partial charge in [0, 0.05) is 12.1 Å². The number of ether oxygens (including phenoxy) is 1. The second-order valence-corrected chi connectivity index (χ2v) is 6.64. The average Bonchev–Trinajstić information content (AvgIpc) is 2.92. The predicted octanol–water partition coefficient (Wildman–Crippen LogP) is 4.17. The number of carbonyl (C=O) groups is 1. The number of aryl methyl sites for hydroxylation is 2. The predicted molar refractivity (Wildman–Crippen MR) is 97.7 cm³/mol. The molecule has 0 spiro atoms. The topological polar surface area (TPSA) is 43.6 Å². The summed E-state index contributed by atoms with van der Waals surface area (Å²) in [4.78, 5) is 17.6. The van der Waals surface area contributed by atoms with Crippen molar-refractivity contribution in [3.8, 4) is 5.75 Å². The number of fused-ring (bicyclic) bond motifs is 1. The normalized spacial score (nSPS) is 11.9. The van der Waals surface area contributed by atoms with Gasteiger partial charge in [0.15, 0.2) is 4.80 Å². The zero-order valence-corrected chi connectivity index (χ0v) is 14.9. The number of rotatable bonds is 4. The highest BCUT2D eigenvalue weighted by Crippen LogP contribution is 2.27. The van der Waals surface area contributed by atoms with Crippen molar-refractivity contribution in [1.82, 2.24) is 4.57 Å². The van der Waals surface area contributed by atoms with E-state index in [1.165, 1.54) is 11.3 Å². The van der Waals surface area contributed by atoms with Gasteiger partial charge < -0.3 is 9.30 Å². The Bertz CT molecular complexity index is 953. The fourth-order valence-electron chi connectivity index (χ4n) is 2.71. The molecule has 0 unspecified atom stereocenters. The minimum absolute atomic E-state index is 0.214. The summed E-state index contributed by atoms with van der Waals surface area (Å²) in [7, 11) is 1.66. The third-order valence-electron chi connectivity index (χ3n) is 3.79. The van der Waals surface area contributed by atoms with Crippen molar-refractivity contribution in [1.29, 1.82) is 0 Å². The van der Waals surface area contributed by atoms with E-state index < -0.39 is 0 Å². The Kier molecular flexibility index (Phi) is 4.81. The first kappa shape index (κ1) is 16.5. The second kappa shape index (κ2) is 7.01. The summed E-state index contributed by atoms with van der Waals surface area (Å²) < 4.78 is 8.64. The molecular weight excluding hydrogens is 320 g/mol. The summed E-state index contributed by atoms with van der Waals surface area (Å²) in [6.07, 6.45) is 0.954. The van der Waals surface area contributed by atoms with Gasteiger partial charge in [-0.25, -0.2) is 0 Å². The molecule has 1 aromatic heterocycles. The molecule has 4 nitrogen and oxygen atoms in total. The quantitative estimate of drug-likeness (QED) is 0.715. The maximum atomic E-state index is 12.5. The Morgan fingerprint density at radius 3 is 2.75 bits per heavy atom. The second-order valence-electron chi connectivity index (χ2n) is 5.63. The highest BCUT2D eigenvalue weighted by molar-refractivity contribution is 7.16. The van der Waals surface area contributed by atoms with Crippen LogP contribution in [0.3, 0.4) is 0 Å². The van der Waals surface area contributed by atoms with Crippen molar-refractivity contribution in [3.05, 3.63) is 58.4 Å². The molecule has 3 aromatic rings. The maximum absolute atomic E-state index is 12.5. The van der Waals surface area contributed by atoms with E-state index in [1.807, 2.05) is 43.3 Å². The maximum Gasteiger partial charge on any atom is 0.279 e. The van der Waals surface area contributed by atoms with Gasteiger partial charge in [-0.3, -0.25) is 4.79 Å². The molecule has 5 heteroatoms. The third kappa shape index (κ3) is 3.12. The summed E-state index contributed by atoms with van der Waals surface area (Å²) in [5.41, 5.74) is 2.67. The smallest absolute Gasteiger partial charge is 0.279 e. The first-order valence-electron chi connectivity index (χ1n) is 7.96. The molecule has 0 atom stereocenters. The zero-order chi connectivity index (χ0) is 17.1. The number of para-hydroxylation sites is 1. The molecule has 1 heterocycles. The lowest BCUT2D eigenvalue weighted by Gasteiger charge is -2.07. The minimum atomic E-state index is -0.214. The van der Waals surface area contributed by atoms with Crippen LogP contribution in [0.5, 0.6) is 5.75 Å². The molecule has 0 bridgehead atoms. The molecule has 124 valence electrons. The van der Waals surface area contributed by atoms with Crippen molar-refractivity contribution in [2.75, 3.05) is 7.11 Å². The van der Waals surface area contributed by atoms with E-state index in [0.717, 1.165) is 34.5 Å². The Morgan fingerprint density at radius 1 is 1.25 bits per heavy atom. The minimum Gasteiger partial charge on any atom is -0.495 e. The first-order valence-corrected chi connectivity index (χ1v) is 8.77. The van der Waals surface area contributed by atoms with E-state index >= 15 is 0 Å². The molecule has 0 aliphatic heterocycles. The first-order chi connectivity index (χ1) is 11.6. The molecule has 24 heavy (non-hydrogen) atoms. The highest BCUT2D eigenvalue weighted by Gasteiger charge is 2.12. The van der Waals surface area contributed by atoms with Crippen molar-refractivity contribution >= 4 is 27.5 Å². The third-order valence-corrected chi connectivity index (χ3v) is 4.84. The Balaban J connectivity index is 2.18. The lowest BCUT2D eigenvalue weighted by Crippen LogP contribution is -2.17. The van der Waals surface area contributed by atoms with E-state index in [0.29, 0.717) is 10.4 Å². The van der Waals surface area contributed by atoms with Gasteiger partial charge in [-0.2, -0.15) is 4.99 Å². The van der Waals surface area contributed by atoms with Crippen LogP contribution >= 0.6 is 11.3 Å². The Labute approximate surface area is 145 Å². The molecule has 0 N–H and O–H groups in total. The van der Waals surface area contributed by atoms with Crippen molar-refractivity contribution in [2.24, 2.45) is 4.99 Å². The standard InChI is InChI=1S/C19H20N2O2S/c1-4-11-21-17-15(23-3)9-6-10-16(17)24-19(21)20-18(22)14-8-5-7-13(2)12-14/h5-10,12H,4,11H2,1-3H3. The van der Waals surface area contributed by atoms with Gasteiger partial charge in [-0.15, -0.1) is 0 Å². The highest BCUT2D eigenvalue weighted by atomic mass is 32.1. The average molecular weight is 340 g/mol. The van der Waals surface area contributed by atoms with Crippen LogP contribution in [0.4, 0.5) is 0 Å². The van der Waals surface area contributed by atoms with Gasteiger partial charge >= 0.3 is 0 Å². The fourth-order valence-corrected chi connectivity index (χ4v) is 3.78. The van der Waals surface area contributed by atoms with Crippen LogP contribution in [0.2, 0.25) is 0 Å². The lowest BCUT2D eigenvalue weighted by molar-refractivity contribution is 0.0997. The van der Waals surface area contributed by atoms with Crippen molar-refractivity contribution in [2.45, 2.75) is 26.8 Å². The molecule has 3 rings (SSSR count). The van der Waals surface area contributed by atoms with Gasteiger partial charge in [0.05, 0.1) is 11.8 Å². The SMILES string of the molecule is CCCn1c(=NC(=O)c2cccc(C)c2)sc2cccc(OC)c21. The lowest BCUT2D eigenvalue weighted by atomic mass is 10.1. The summed E-state index contributed by atoms with van der Waals surface area (Å²) in [5, 5.41) is 0. The molecule has 0 aliphatic rings. The summed E-state index contributed by atoms with van der Waals surface area (Å²) in [6.45, 7) is 4.87. The number of hydrogen-bond donors (Lipinski definition) is 0. The van der Waals surface area contributed by atoms with E-state index in [4.69, 9.17) is 4.74 Å². The zero-order valence-electron chi connectivity index (χ0n) is 14.1. The molecule has 0 fully saturated rings. The van der Waals surface area contributed by atoms with Crippen molar-refractivity contribution < 1.29 is 9.53 Å². The molecule has 0 aliphatic carbocycles. The van der Waals surface area contributed by atoms with E-state index in [2.05, 4.69) is 16.5 Å². The van der Waals surface area contributed by atoms with E-state index in [1.54, 1.807) is 13.2 Å². The van der Waals surface area contributed by atoms with Gasteiger partial charge in [-0.05, 0) is 37.6 Å². The molecule has 0 saturated carbocycles. The molecule has 2 aromatic carbocycles. The number of carbonyl (C=O) groups excluding carboxylic acids is 1. The van der Waals surface area contributed by atoms with Gasteiger partial charge in [0.25, 0.3) is 5.91 Å². The van der Waals surface area contributed by atoms with Crippen LogP contribution in [0.1, 0.15) is 29.3 Å². The van der Waals surface area contributed by atoms with Gasteiger partial charge in [0.1, 0.15) is 11.3 Å². The Morgan fingerprint density at radius 2 is 2.04 bits per heavy atom. The van der Waals surface area contributed by atoms with Crippen LogP contribution in [0, 0.1) is 6.92 Å². The number of benzene rings is 2. The molecule has 0 radical (unpaired) electrons. The van der Waals surface area contributed by atoms with Crippen molar-refractivity contribution in [3.63, 3.8) is 0 Å². The number of aromatic nitrogens is 1. The van der Waals surface area contributed by atoms with E-state index in [9.17, 15) is 4.79 Å². The summed E-state index contributed by atoms with van der Waals surface area (Å²) >= 11 is 1.52. The summed E-state index contributed by atoms with van der Waals surface area (Å²) in [5.74, 6) is 0.593. The Hall–Kier alpha value is -2.40. The monoisotopic (exact) mass is 340 g/mol. The number of hydrogen-bond acceptors (Lipinski definition) is 3. The van der Waals surface area contributed by atoms with Gasteiger partial charge in [0.2, 0.25) is 0 Å². The molecular formula is C19H20N2O2S. The van der Waals surface area contributed by atoms with Crippen LogP contribution < -0.4 is 9.54 Å². The molecule has 0 saturated heterocycles. The summed E-state index contributed by atoms with van der Waals surface area (Å²) in [6, 6.07) is 13.4. The number of thiazole rings is 1. The number of nitrogens with zero attached hydrogens (tertiary/aromatic N) is 2. The number of amides is 1. The van der Waals surface area contributed by atoms with Crippen LogP contribution in [0.25, 0.3) is 10.2 Å². The van der Waals surface area contributed by atoms with E-state index in [-0.39, 0.29) is 5.91 Å². The van der Waals surface area contributed by atoms with Crippen LogP contribution in [-0.4, -0.2) is 17.6 Å². The van der Waals surface area contributed by atoms with Gasteiger partial charge in [-0.1, -0.05) is 42.0 Å². The van der Waals surface area contributed by atoms with Crippen LogP contribution in [-0.2, 0) is 6.54 Å². The number of methoxy groups -OCH3 is 1. The largest absolute Gasteiger partial charge is 0.495 e.